The number of benzene rings is 3. The number of aromatic nitrogens is 2. The van der Waals surface area contributed by atoms with E-state index in [0.717, 1.165) is 22.3 Å². The van der Waals surface area contributed by atoms with Crippen LogP contribution in [-0.2, 0) is 11.3 Å². The molecule has 7 heteroatoms. The maximum Gasteiger partial charge on any atom is 0.251 e. The van der Waals surface area contributed by atoms with E-state index in [1.54, 1.807) is 24.3 Å². The number of imidazole rings is 1. The minimum Gasteiger partial charge on any atom is -0.494 e. The molecule has 3 aromatic carbocycles. The first kappa shape index (κ1) is 23.0. The smallest absolute Gasteiger partial charge is 0.251 e. The van der Waals surface area contributed by atoms with Crippen LogP contribution in [-0.4, -0.2) is 28.0 Å². The summed E-state index contributed by atoms with van der Waals surface area (Å²) in [6.45, 7) is 6.42. The Morgan fingerprint density at radius 1 is 1.00 bits per heavy atom. The zero-order valence-corrected chi connectivity index (χ0v) is 19.5. The molecule has 0 saturated carbocycles. The Balaban J connectivity index is 1.54. The molecule has 0 saturated heterocycles. The van der Waals surface area contributed by atoms with Crippen molar-refractivity contribution in [3.63, 3.8) is 0 Å². The monoisotopic (exact) mass is 456 g/mol. The third-order valence-corrected chi connectivity index (χ3v) is 5.48. The molecule has 1 heterocycles. The molecule has 0 bridgehead atoms. The summed E-state index contributed by atoms with van der Waals surface area (Å²) < 4.78 is 7.30. The van der Waals surface area contributed by atoms with E-state index in [0.29, 0.717) is 23.7 Å². The van der Waals surface area contributed by atoms with Crippen LogP contribution in [0.3, 0.4) is 0 Å². The Morgan fingerprint density at radius 2 is 1.71 bits per heavy atom. The molecule has 174 valence electrons. The van der Waals surface area contributed by atoms with Gasteiger partial charge in [-0.05, 0) is 69.3 Å². The summed E-state index contributed by atoms with van der Waals surface area (Å²) in [5, 5.41) is 5.93. The number of fused-ring (bicyclic) bond motifs is 1. The predicted molar refractivity (Wildman–Crippen MR) is 133 cm³/mol. The standard InChI is InChI=1S/C27H28N4O3/c1-4-34-22-15-13-21(14-16-22)29-25(32)17-31-24-8-6-5-7-23(24)30-26(31)19(3)28-27(33)20-11-9-18(2)10-12-20/h5-16,19H,4,17H2,1-3H3,(H,28,33)(H,29,32). The highest BCUT2D eigenvalue weighted by atomic mass is 16.5. The average molecular weight is 457 g/mol. The number of para-hydroxylation sites is 2. The van der Waals surface area contributed by atoms with Crippen LogP contribution < -0.4 is 15.4 Å². The highest BCUT2D eigenvalue weighted by Crippen LogP contribution is 2.22. The van der Waals surface area contributed by atoms with Crippen molar-refractivity contribution in [1.29, 1.82) is 0 Å². The van der Waals surface area contributed by atoms with E-state index in [1.165, 1.54) is 0 Å². The fourth-order valence-corrected chi connectivity index (χ4v) is 3.79. The van der Waals surface area contributed by atoms with E-state index in [9.17, 15) is 9.59 Å². The van der Waals surface area contributed by atoms with Gasteiger partial charge in [0.05, 0.1) is 23.7 Å². The molecule has 1 atom stereocenters. The molecule has 0 aliphatic carbocycles. The Hall–Kier alpha value is -4.13. The van der Waals surface area contributed by atoms with Gasteiger partial charge in [0.1, 0.15) is 18.1 Å². The van der Waals surface area contributed by atoms with E-state index >= 15 is 0 Å². The fourth-order valence-electron chi connectivity index (χ4n) is 3.79. The number of rotatable bonds is 8. The summed E-state index contributed by atoms with van der Waals surface area (Å²) in [4.78, 5) is 30.4. The second-order valence-electron chi connectivity index (χ2n) is 8.11. The van der Waals surface area contributed by atoms with Crippen molar-refractivity contribution >= 4 is 28.5 Å². The van der Waals surface area contributed by atoms with Crippen molar-refractivity contribution in [3.05, 3.63) is 89.7 Å². The van der Waals surface area contributed by atoms with Crippen LogP contribution >= 0.6 is 0 Å². The Labute approximate surface area is 198 Å². The molecule has 4 aromatic rings. The van der Waals surface area contributed by atoms with Gasteiger partial charge in [-0.2, -0.15) is 0 Å². The van der Waals surface area contributed by atoms with E-state index in [1.807, 2.05) is 73.9 Å². The van der Waals surface area contributed by atoms with Gasteiger partial charge >= 0.3 is 0 Å². The molecule has 2 amide bonds. The molecule has 0 spiro atoms. The van der Waals surface area contributed by atoms with Crippen molar-refractivity contribution in [2.24, 2.45) is 0 Å². The molecule has 1 aromatic heterocycles. The SMILES string of the molecule is CCOc1ccc(NC(=O)Cn2c(C(C)NC(=O)c3ccc(C)cc3)nc3ccccc32)cc1. The summed E-state index contributed by atoms with van der Waals surface area (Å²) in [5.41, 5.74) is 3.94. The maximum absolute atomic E-state index is 12.9. The first-order valence-corrected chi connectivity index (χ1v) is 11.3. The maximum atomic E-state index is 12.9. The van der Waals surface area contributed by atoms with Crippen LogP contribution in [0, 0.1) is 6.92 Å². The van der Waals surface area contributed by atoms with Crippen LogP contribution in [0.25, 0.3) is 11.0 Å². The number of amides is 2. The Bertz CT molecular complexity index is 1290. The summed E-state index contributed by atoms with van der Waals surface area (Å²) in [6.07, 6.45) is 0. The number of hydrogen-bond donors (Lipinski definition) is 2. The van der Waals surface area contributed by atoms with Gasteiger partial charge in [-0.3, -0.25) is 9.59 Å². The summed E-state index contributed by atoms with van der Waals surface area (Å²) in [7, 11) is 0. The highest BCUT2D eigenvalue weighted by Gasteiger charge is 2.20. The predicted octanol–water partition coefficient (Wildman–Crippen LogP) is 4.87. The zero-order valence-electron chi connectivity index (χ0n) is 19.5. The third-order valence-electron chi connectivity index (χ3n) is 5.48. The van der Waals surface area contributed by atoms with Crippen molar-refractivity contribution in [2.45, 2.75) is 33.4 Å². The van der Waals surface area contributed by atoms with Crippen LogP contribution in [0.4, 0.5) is 5.69 Å². The lowest BCUT2D eigenvalue weighted by Gasteiger charge is -2.16. The van der Waals surface area contributed by atoms with Gasteiger partial charge in [-0.25, -0.2) is 4.98 Å². The van der Waals surface area contributed by atoms with Crippen LogP contribution in [0.15, 0.2) is 72.8 Å². The number of nitrogens with one attached hydrogen (secondary N) is 2. The van der Waals surface area contributed by atoms with Crippen LogP contribution in [0.5, 0.6) is 5.75 Å². The molecule has 0 aliphatic heterocycles. The number of nitrogens with zero attached hydrogens (tertiary/aromatic N) is 2. The lowest BCUT2D eigenvalue weighted by molar-refractivity contribution is -0.116. The van der Waals surface area contributed by atoms with Crippen LogP contribution in [0.1, 0.15) is 41.6 Å². The van der Waals surface area contributed by atoms with Crippen molar-refractivity contribution in [3.8, 4) is 5.75 Å². The molecule has 0 fully saturated rings. The molecular weight excluding hydrogens is 428 g/mol. The first-order chi connectivity index (χ1) is 16.4. The van der Waals surface area contributed by atoms with Gasteiger partial charge in [0.2, 0.25) is 5.91 Å². The number of carbonyl (C=O) groups is 2. The first-order valence-electron chi connectivity index (χ1n) is 11.3. The summed E-state index contributed by atoms with van der Waals surface area (Å²) in [5.74, 6) is 0.987. The minimum absolute atomic E-state index is 0.0633. The topological polar surface area (TPSA) is 85.2 Å². The molecule has 0 radical (unpaired) electrons. The van der Waals surface area contributed by atoms with Gasteiger partial charge < -0.3 is 19.9 Å². The Morgan fingerprint density at radius 3 is 2.41 bits per heavy atom. The number of ether oxygens (including phenoxy) is 1. The highest BCUT2D eigenvalue weighted by molar-refractivity contribution is 5.94. The van der Waals surface area contributed by atoms with Gasteiger partial charge in [0.25, 0.3) is 5.91 Å². The van der Waals surface area contributed by atoms with Crippen molar-refractivity contribution in [1.82, 2.24) is 14.9 Å². The van der Waals surface area contributed by atoms with Gasteiger partial charge in [-0.1, -0.05) is 29.8 Å². The normalized spacial score (nSPS) is 11.7. The summed E-state index contributed by atoms with van der Waals surface area (Å²) >= 11 is 0. The zero-order chi connectivity index (χ0) is 24.1. The van der Waals surface area contributed by atoms with Gasteiger partial charge in [0, 0.05) is 11.3 Å². The second kappa shape index (κ2) is 10.2. The van der Waals surface area contributed by atoms with Gasteiger partial charge in [-0.15, -0.1) is 0 Å². The molecular formula is C27H28N4O3. The number of carbonyl (C=O) groups excluding carboxylic acids is 2. The van der Waals surface area contributed by atoms with E-state index in [-0.39, 0.29) is 18.4 Å². The van der Waals surface area contributed by atoms with Crippen molar-refractivity contribution < 1.29 is 14.3 Å². The molecule has 2 N–H and O–H groups in total. The Kier molecular flexibility index (Phi) is 6.92. The largest absolute Gasteiger partial charge is 0.494 e. The third kappa shape index (κ3) is 5.26. The molecule has 34 heavy (non-hydrogen) atoms. The molecule has 7 nitrogen and oxygen atoms in total. The van der Waals surface area contributed by atoms with Gasteiger partial charge in [0.15, 0.2) is 0 Å². The fraction of sp³-hybridized carbons (Fsp3) is 0.222. The lowest BCUT2D eigenvalue weighted by atomic mass is 10.1. The number of hydrogen-bond acceptors (Lipinski definition) is 4. The number of aryl methyl sites for hydroxylation is 1. The van der Waals surface area contributed by atoms with E-state index in [4.69, 9.17) is 9.72 Å². The second-order valence-corrected chi connectivity index (χ2v) is 8.11. The van der Waals surface area contributed by atoms with E-state index < -0.39 is 6.04 Å². The average Bonchev–Trinajstić information content (AvgIpc) is 3.19. The molecule has 0 aliphatic rings. The number of anilines is 1. The quantitative estimate of drug-likeness (QED) is 0.396. The molecule has 4 rings (SSSR count). The minimum atomic E-state index is -0.403. The summed E-state index contributed by atoms with van der Waals surface area (Å²) in [6, 6.07) is 21.9. The molecule has 1 unspecified atom stereocenters. The van der Waals surface area contributed by atoms with E-state index in [2.05, 4.69) is 10.6 Å². The van der Waals surface area contributed by atoms with Crippen molar-refractivity contribution in [2.75, 3.05) is 11.9 Å². The van der Waals surface area contributed by atoms with Crippen LogP contribution in [0.2, 0.25) is 0 Å². The lowest BCUT2D eigenvalue weighted by Crippen LogP contribution is -2.30.